The van der Waals surface area contributed by atoms with Gasteiger partial charge < -0.3 is 9.84 Å². The quantitative estimate of drug-likeness (QED) is 0.759. The molecule has 24 heavy (non-hydrogen) atoms. The van der Waals surface area contributed by atoms with Gasteiger partial charge in [-0.2, -0.15) is 5.48 Å². The number of hydrogen-bond donors (Lipinski definition) is 2. The molecule has 2 aromatic carbocycles. The lowest BCUT2D eigenvalue weighted by Crippen LogP contribution is -2.35. The summed E-state index contributed by atoms with van der Waals surface area (Å²) < 4.78 is 5.10. The molecule has 0 aliphatic heterocycles. The molecule has 0 fully saturated rings. The number of nitrogens with one attached hydrogen (secondary N) is 1. The first-order valence-corrected chi connectivity index (χ1v) is 7.75. The minimum Gasteiger partial charge on any atom is -0.479 e. The van der Waals surface area contributed by atoms with E-state index in [0.717, 1.165) is 16.3 Å². The van der Waals surface area contributed by atoms with Crippen LogP contribution in [0.4, 0.5) is 4.79 Å². The highest BCUT2D eigenvalue weighted by molar-refractivity contribution is 5.85. The lowest BCUT2D eigenvalue weighted by molar-refractivity contribution is -0.156. The van der Waals surface area contributed by atoms with E-state index in [2.05, 4.69) is 0 Å². The normalized spacial score (nSPS) is 12.1. The summed E-state index contributed by atoms with van der Waals surface area (Å²) in [5.41, 5.74) is 2.91. The zero-order chi connectivity index (χ0) is 17.5. The molecule has 0 saturated heterocycles. The molecule has 6 heteroatoms. The standard InChI is InChI=1S/C18H21NO5/c1-12(2)10-16(17(20)21)24-19-18(22)23-11-14-8-5-7-13-6-3-4-9-15(13)14/h3-9,12,16H,10-11H2,1-2H3,(H,19,22)(H,20,21)/t16-/m1/s1. The first kappa shape index (κ1) is 17.7. The molecule has 2 rings (SSSR count). The summed E-state index contributed by atoms with van der Waals surface area (Å²) in [7, 11) is 0. The SMILES string of the molecule is CC(C)C[C@@H](ONC(=O)OCc1cccc2ccccc12)C(=O)O. The number of benzene rings is 2. The second-order valence-corrected chi connectivity index (χ2v) is 5.89. The highest BCUT2D eigenvalue weighted by Gasteiger charge is 2.21. The third kappa shape index (κ3) is 4.96. The van der Waals surface area contributed by atoms with Gasteiger partial charge in [-0.3, -0.25) is 4.84 Å². The van der Waals surface area contributed by atoms with Crippen molar-refractivity contribution < 1.29 is 24.3 Å². The van der Waals surface area contributed by atoms with E-state index in [1.54, 1.807) is 0 Å². The molecule has 2 N–H and O–H groups in total. The second-order valence-electron chi connectivity index (χ2n) is 5.89. The van der Waals surface area contributed by atoms with E-state index in [0.29, 0.717) is 6.42 Å². The molecule has 6 nitrogen and oxygen atoms in total. The van der Waals surface area contributed by atoms with Gasteiger partial charge in [-0.1, -0.05) is 56.3 Å². The third-order valence-corrected chi connectivity index (χ3v) is 3.48. The summed E-state index contributed by atoms with van der Waals surface area (Å²) in [6, 6.07) is 13.5. The van der Waals surface area contributed by atoms with Crippen molar-refractivity contribution in [2.45, 2.75) is 33.0 Å². The van der Waals surface area contributed by atoms with Gasteiger partial charge in [-0.05, 0) is 28.7 Å². The topological polar surface area (TPSA) is 84.9 Å². The highest BCUT2D eigenvalue weighted by Crippen LogP contribution is 2.19. The van der Waals surface area contributed by atoms with Gasteiger partial charge in [0.15, 0.2) is 6.10 Å². The predicted molar refractivity (Wildman–Crippen MR) is 89.2 cm³/mol. The average Bonchev–Trinajstić information content (AvgIpc) is 2.56. The van der Waals surface area contributed by atoms with Crippen molar-refractivity contribution in [1.29, 1.82) is 0 Å². The third-order valence-electron chi connectivity index (χ3n) is 3.48. The van der Waals surface area contributed by atoms with Gasteiger partial charge >= 0.3 is 12.1 Å². The van der Waals surface area contributed by atoms with Crippen LogP contribution in [0.5, 0.6) is 0 Å². The Balaban J connectivity index is 1.89. The lowest BCUT2D eigenvalue weighted by atomic mass is 10.1. The molecule has 2 aromatic rings. The fourth-order valence-electron chi connectivity index (χ4n) is 2.34. The van der Waals surface area contributed by atoms with E-state index in [1.807, 2.05) is 61.8 Å². The molecule has 1 atom stereocenters. The number of carbonyl (C=O) groups excluding carboxylic acids is 1. The van der Waals surface area contributed by atoms with E-state index < -0.39 is 18.2 Å². The van der Waals surface area contributed by atoms with Crippen molar-refractivity contribution in [2.24, 2.45) is 5.92 Å². The summed E-state index contributed by atoms with van der Waals surface area (Å²) in [5.74, 6) is -1.00. The fraction of sp³-hybridized carbons (Fsp3) is 0.333. The van der Waals surface area contributed by atoms with Crippen LogP contribution < -0.4 is 5.48 Å². The first-order valence-electron chi connectivity index (χ1n) is 7.75. The van der Waals surface area contributed by atoms with Crippen LogP contribution in [-0.4, -0.2) is 23.3 Å². The van der Waals surface area contributed by atoms with Crippen LogP contribution in [0.25, 0.3) is 10.8 Å². The Kier molecular flexibility index (Phi) is 6.14. The van der Waals surface area contributed by atoms with Gasteiger partial charge in [0, 0.05) is 0 Å². The maximum absolute atomic E-state index is 11.7. The maximum atomic E-state index is 11.7. The molecule has 0 bridgehead atoms. The van der Waals surface area contributed by atoms with Crippen LogP contribution in [0.1, 0.15) is 25.8 Å². The Morgan fingerprint density at radius 1 is 1.12 bits per heavy atom. The molecule has 0 aliphatic rings. The average molecular weight is 331 g/mol. The van der Waals surface area contributed by atoms with Crippen LogP contribution in [-0.2, 0) is 21.0 Å². The number of ether oxygens (including phenoxy) is 1. The monoisotopic (exact) mass is 331 g/mol. The van der Waals surface area contributed by atoms with Crippen molar-refractivity contribution >= 4 is 22.8 Å². The molecule has 0 aromatic heterocycles. The molecule has 1 amide bonds. The maximum Gasteiger partial charge on any atom is 0.431 e. The van der Waals surface area contributed by atoms with Crippen LogP contribution in [0, 0.1) is 5.92 Å². The number of amides is 1. The van der Waals surface area contributed by atoms with Gasteiger partial charge in [-0.15, -0.1) is 0 Å². The smallest absolute Gasteiger partial charge is 0.431 e. The molecule has 0 heterocycles. The minimum absolute atomic E-state index is 0.0679. The van der Waals surface area contributed by atoms with Crippen molar-refractivity contribution in [3.05, 3.63) is 48.0 Å². The van der Waals surface area contributed by atoms with Crippen LogP contribution in [0.3, 0.4) is 0 Å². The number of hydroxylamine groups is 1. The Labute approximate surface area is 140 Å². The summed E-state index contributed by atoms with van der Waals surface area (Å²) in [6.45, 7) is 3.81. The van der Waals surface area contributed by atoms with Crippen molar-refractivity contribution in [1.82, 2.24) is 5.48 Å². The van der Waals surface area contributed by atoms with Crippen LogP contribution in [0.2, 0.25) is 0 Å². The van der Waals surface area contributed by atoms with Gasteiger partial charge in [0.05, 0.1) is 0 Å². The predicted octanol–water partition coefficient (Wildman–Crippen LogP) is 3.50. The van der Waals surface area contributed by atoms with E-state index in [4.69, 9.17) is 14.7 Å². The number of rotatable bonds is 7. The second kappa shape index (κ2) is 8.31. The molecule has 0 aliphatic carbocycles. The van der Waals surface area contributed by atoms with E-state index in [9.17, 15) is 9.59 Å². The molecular formula is C18H21NO5. The zero-order valence-electron chi connectivity index (χ0n) is 13.7. The fourth-order valence-corrected chi connectivity index (χ4v) is 2.34. The molecule has 128 valence electrons. The number of carboxylic acid groups (broad SMARTS) is 1. The Hall–Kier alpha value is -2.60. The Bertz CT molecular complexity index is 708. The number of carbonyl (C=O) groups is 2. The first-order chi connectivity index (χ1) is 11.5. The van der Waals surface area contributed by atoms with Gasteiger partial charge in [0.1, 0.15) is 6.61 Å². The van der Waals surface area contributed by atoms with Crippen LogP contribution >= 0.6 is 0 Å². The summed E-state index contributed by atoms with van der Waals surface area (Å²) in [5, 5.41) is 11.1. The Morgan fingerprint density at radius 2 is 1.83 bits per heavy atom. The summed E-state index contributed by atoms with van der Waals surface area (Å²) >= 11 is 0. The highest BCUT2D eigenvalue weighted by atomic mass is 16.7. The van der Waals surface area contributed by atoms with Crippen molar-refractivity contribution in [3.8, 4) is 0 Å². The minimum atomic E-state index is -1.13. The molecule has 0 unspecified atom stereocenters. The Morgan fingerprint density at radius 3 is 2.54 bits per heavy atom. The lowest BCUT2D eigenvalue weighted by Gasteiger charge is -2.15. The number of hydrogen-bond acceptors (Lipinski definition) is 4. The largest absolute Gasteiger partial charge is 0.479 e. The summed E-state index contributed by atoms with van der Waals surface area (Å²) in [6.07, 6.45) is -1.63. The number of carboxylic acids is 1. The zero-order valence-corrected chi connectivity index (χ0v) is 13.7. The van der Waals surface area contributed by atoms with Gasteiger partial charge in [0.25, 0.3) is 0 Å². The van der Waals surface area contributed by atoms with E-state index >= 15 is 0 Å². The van der Waals surface area contributed by atoms with Crippen LogP contribution in [0.15, 0.2) is 42.5 Å². The van der Waals surface area contributed by atoms with E-state index in [-0.39, 0.29) is 12.5 Å². The molecule has 0 radical (unpaired) electrons. The van der Waals surface area contributed by atoms with E-state index in [1.165, 1.54) is 0 Å². The van der Waals surface area contributed by atoms with Gasteiger partial charge in [0.2, 0.25) is 0 Å². The van der Waals surface area contributed by atoms with Gasteiger partial charge in [-0.25, -0.2) is 9.59 Å². The molecule has 0 spiro atoms. The van der Waals surface area contributed by atoms with Crippen molar-refractivity contribution in [3.63, 3.8) is 0 Å². The number of fused-ring (bicyclic) bond motifs is 1. The summed E-state index contributed by atoms with van der Waals surface area (Å²) in [4.78, 5) is 27.7. The molecular weight excluding hydrogens is 310 g/mol. The molecule has 0 saturated carbocycles. The number of aliphatic carboxylic acids is 1. The van der Waals surface area contributed by atoms with Crippen molar-refractivity contribution in [2.75, 3.05) is 0 Å².